The molecule has 1 saturated carbocycles. The van der Waals surface area contributed by atoms with Gasteiger partial charge in [0.05, 0.1) is 12.1 Å². The van der Waals surface area contributed by atoms with Crippen molar-refractivity contribution in [3.05, 3.63) is 12.7 Å². The SMILES string of the molecule is C=CCC(C#N)(C#N)C(CC(C)=O)C1CCCCC1. The summed E-state index contributed by atoms with van der Waals surface area (Å²) < 4.78 is 0. The van der Waals surface area contributed by atoms with Crippen molar-refractivity contribution in [3.8, 4) is 12.1 Å². The number of Topliss-reactive ketones (excluding diaryl/α,β-unsaturated/α-hetero) is 1. The molecule has 0 heterocycles. The molecule has 1 unspecified atom stereocenters. The summed E-state index contributed by atoms with van der Waals surface area (Å²) >= 11 is 0. The van der Waals surface area contributed by atoms with Gasteiger partial charge in [0.2, 0.25) is 0 Å². The summed E-state index contributed by atoms with van der Waals surface area (Å²) in [6.45, 7) is 5.21. The Morgan fingerprint density at radius 1 is 1.37 bits per heavy atom. The molecule has 0 N–H and O–H groups in total. The lowest BCUT2D eigenvalue weighted by atomic mass is 9.64. The first-order valence-corrected chi connectivity index (χ1v) is 7.02. The van der Waals surface area contributed by atoms with Crippen LogP contribution in [0.1, 0.15) is 51.9 Å². The maximum Gasteiger partial charge on any atom is 0.150 e. The standard InChI is InChI=1S/C16H22N2O/c1-3-9-16(11-17,12-18)15(10-13(2)19)14-7-5-4-6-8-14/h3,14-15H,1,4-10H2,2H3. The molecule has 3 heteroatoms. The Hall–Kier alpha value is -1.61. The van der Waals surface area contributed by atoms with Crippen molar-refractivity contribution >= 4 is 5.78 Å². The smallest absolute Gasteiger partial charge is 0.150 e. The Balaban J connectivity index is 3.05. The van der Waals surface area contributed by atoms with Crippen LogP contribution >= 0.6 is 0 Å². The highest BCUT2D eigenvalue weighted by Crippen LogP contribution is 2.44. The number of carbonyl (C=O) groups is 1. The highest BCUT2D eigenvalue weighted by molar-refractivity contribution is 5.76. The molecule has 3 nitrogen and oxygen atoms in total. The van der Waals surface area contributed by atoms with E-state index < -0.39 is 5.41 Å². The van der Waals surface area contributed by atoms with Gasteiger partial charge in [-0.05, 0) is 19.3 Å². The van der Waals surface area contributed by atoms with E-state index in [-0.39, 0.29) is 11.7 Å². The summed E-state index contributed by atoms with van der Waals surface area (Å²) in [6, 6.07) is 4.37. The Morgan fingerprint density at radius 2 is 1.95 bits per heavy atom. The lowest BCUT2D eigenvalue weighted by Crippen LogP contribution is -2.35. The lowest BCUT2D eigenvalue weighted by molar-refractivity contribution is -0.119. The van der Waals surface area contributed by atoms with E-state index in [1.807, 2.05) is 0 Å². The van der Waals surface area contributed by atoms with Crippen LogP contribution in [-0.2, 0) is 4.79 Å². The van der Waals surface area contributed by atoms with Crippen LogP contribution in [0.2, 0.25) is 0 Å². The molecule has 0 radical (unpaired) electrons. The molecule has 0 amide bonds. The summed E-state index contributed by atoms with van der Waals surface area (Å²) in [4.78, 5) is 11.5. The predicted molar refractivity (Wildman–Crippen MR) is 73.8 cm³/mol. The van der Waals surface area contributed by atoms with Crippen LogP contribution in [0.3, 0.4) is 0 Å². The van der Waals surface area contributed by atoms with Crippen LogP contribution in [0.15, 0.2) is 12.7 Å². The Morgan fingerprint density at radius 3 is 2.37 bits per heavy atom. The number of hydrogen-bond donors (Lipinski definition) is 0. The third kappa shape index (κ3) is 3.67. The first kappa shape index (κ1) is 15.4. The number of ketones is 1. The summed E-state index contributed by atoms with van der Waals surface area (Å²) in [7, 11) is 0. The molecule has 0 aromatic carbocycles. The van der Waals surface area contributed by atoms with Crippen molar-refractivity contribution in [2.75, 3.05) is 0 Å². The quantitative estimate of drug-likeness (QED) is 0.681. The summed E-state index contributed by atoms with van der Waals surface area (Å²) in [5.41, 5.74) is -1.09. The van der Waals surface area contributed by atoms with Crippen LogP contribution in [-0.4, -0.2) is 5.78 Å². The molecule has 1 atom stereocenters. The molecule has 102 valence electrons. The largest absolute Gasteiger partial charge is 0.300 e. The molecule has 0 aromatic heterocycles. The molecule has 1 fully saturated rings. The van der Waals surface area contributed by atoms with Gasteiger partial charge in [-0.15, -0.1) is 6.58 Å². The van der Waals surface area contributed by atoms with E-state index in [9.17, 15) is 15.3 Å². The molecule has 0 aromatic rings. The second kappa shape index (κ2) is 7.10. The zero-order chi connectivity index (χ0) is 14.3. The van der Waals surface area contributed by atoms with Crippen molar-refractivity contribution in [1.82, 2.24) is 0 Å². The molecular formula is C16H22N2O. The van der Waals surface area contributed by atoms with Crippen LogP contribution in [0.5, 0.6) is 0 Å². The fourth-order valence-electron chi connectivity index (χ4n) is 3.25. The van der Waals surface area contributed by atoms with E-state index in [2.05, 4.69) is 18.7 Å². The minimum absolute atomic E-state index is 0.0644. The number of allylic oxidation sites excluding steroid dienone is 1. The first-order chi connectivity index (χ1) is 9.09. The molecule has 0 spiro atoms. The van der Waals surface area contributed by atoms with E-state index in [0.29, 0.717) is 18.8 Å². The van der Waals surface area contributed by atoms with Gasteiger partial charge in [-0.1, -0.05) is 38.2 Å². The number of rotatable bonds is 6. The molecule has 0 saturated heterocycles. The van der Waals surface area contributed by atoms with Gasteiger partial charge >= 0.3 is 0 Å². The maximum atomic E-state index is 11.5. The first-order valence-electron chi connectivity index (χ1n) is 7.02. The Labute approximate surface area is 115 Å². The van der Waals surface area contributed by atoms with Gasteiger partial charge in [0.15, 0.2) is 5.41 Å². The van der Waals surface area contributed by atoms with Crippen molar-refractivity contribution in [2.24, 2.45) is 17.3 Å². The van der Waals surface area contributed by atoms with Crippen LogP contribution < -0.4 is 0 Å². The average molecular weight is 258 g/mol. The van der Waals surface area contributed by atoms with E-state index >= 15 is 0 Å². The molecule has 0 bridgehead atoms. The molecule has 1 aliphatic carbocycles. The van der Waals surface area contributed by atoms with Crippen molar-refractivity contribution in [3.63, 3.8) is 0 Å². The monoisotopic (exact) mass is 258 g/mol. The molecular weight excluding hydrogens is 236 g/mol. The van der Waals surface area contributed by atoms with Gasteiger partial charge < -0.3 is 4.79 Å². The van der Waals surface area contributed by atoms with Gasteiger partial charge in [-0.25, -0.2) is 0 Å². The molecule has 1 aliphatic rings. The zero-order valence-electron chi connectivity index (χ0n) is 11.7. The van der Waals surface area contributed by atoms with E-state index in [1.165, 1.54) is 6.42 Å². The fourth-order valence-corrected chi connectivity index (χ4v) is 3.25. The summed E-state index contributed by atoms with van der Waals surface area (Å²) in [5.74, 6) is 0.227. The second-order valence-corrected chi connectivity index (χ2v) is 5.60. The summed E-state index contributed by atoms with van der Waals surface area (Å²) in [6.07, 6.45) is 7.86. The van der Waals surface area contributed by atoms with E-state index in [0.717, 1.165) is 25.7 Å². The number of nitrogens with zero attached hydrogens (tertiary/aromatic N) is 2. The predicted octanol–water partition coefficient (Wildman–Crippen LogP) is 3.77. The van der Waals surface area contributed by atoms with Gasteiger partial charge in [0, 0.05) is 12.3 Å². The van der Waals surface area contributed by atoms with Crippen molar-refractivity contribution in [2.45, 2.75) is 51.9 Å². The second-order valence-electron chi connectivity index (χ2n) is 5.60. The number of carbonyl (C=O) groups excluding carboxylic acids is 1. The maximum absolute atomic E-state index is 11.5. The minimum atomic E-state index is -1.09. The average Bonchev–Trinajstić information content (AvgIpc) is 2.43. The van der Waals surface area contributed by atoms with Crippen LogP contribution in [0.4, 0.5) is 0 Å². The third-order valence-electron chi connectivity index (χ3n) is 4.22. The highest BCUT2D eigenvalue weighted by atomic mass is 16.1. The highest BCUT2D eigenvalue weighted by Gasteiger charge is 2.43. The van der Waals surface area contributed by atoms with Crippen LogP contribution in [0.25, 0.3) is 0 Å². The number of hydrogen-bond acceptors (Lipinski definition) is 3. The van der Waals surface area contributed by atoms with Gasteiger partial charge in [0.25, 0.3) is 0 Å². The van der Waals surface area contributed by atoms with E-state index in [1.54, 1.807) is 13.0 Å². The van der Waals surface area contributed by atoms with Crippen LogP contribution in [0, 0.1) is 39.9 Å². The molecule has 19 heavy (non-hydrogen) atoms. The topological polar surface area (TPSA) is 64.7 Å². The lowest BCUT2D eigenvalue weighted by Gasteiger charge is -2.36. The normalized spacial score (nSPS) is 18.1. The minimum Gasteiger partial charge on any atom is -0.300 e. The summed E-state index contributed by atoms with van der Waals surface area (Å²) in [5, 5.41) is 19.0. The third-order valence-corrected chi connectivity index (χ3v) is 4.22. The molecule has 0 aliphatic heterocycles. The van der Waals surface area contributed by atoms with Crippen molar-refractivity contribution < 1.29 is 4.79 Å². The Kier molecular flexibility index (Phi) is 5.77. The van der Waals surface area contributed by atoms with Gasteiger partial charge in [-0.2, -0.15) is 10.5 Å². The van der Waals surface area contributed by atoms with E-state index in [4.69, 9.17) is 0 Å². The van der Waals surface area contributed by atoms with Gasteiger partial charge in [0.1, 0.15) is 5.78 Å². The van der Waals surface area contributed by atoms with Crippen molar-refractivity contribution in [1.29, 1.82) is 10.5 Å². The number of nitriles is 2. The Bertz CT molecular complexity index is 393. The molecule has 1 rings (SSSR count). The fraction of sp³-hybridized carbons (Fsp3) is 0.688. The van der Waals surface area contributed by atoms with Gasteiger partial charge in [-0.3, -0.25) is 0 Å². The zero-order valence-corrected chi connectivity index (χ0v) is 11.7.